The van der Waals surface area contributed by atoms with Gasteiger partial charge in [0.2, 0.25) is 0 Å². The molecule has 1 heterocycles. The lowest BCUT2D eigenvalue weighted by molar-refractivity contribution is -0.144. The zero-order chi connectivity index (χ0) is 13.7. The molecule has 98 valence electrons. The van der Waals surface area contributed by atoms with Crippen molar-refractivity contribution in [3.8, 4) is 0 Å². The summed E-state index contributed by atoms with van der Waals surface area (Å²) in [5, 5.41) is 4.12. The maximum atomic E-state index is 11.5. The second-order valence-corrected chi connectivity index (χ2v) is 4.27. The van der Waals surface area contributed by atoms with E-state index in [-0.39, 0.29) is 11.6 Å². The number of ketones is 1. The van der Waals surface area contributed by atoms with Crippen molar-refractivity contribution in [1.82, 2.24) is 15.2 Å². The monoisotopic (exact) mass is 273 g/mol. The van der Waals surface area contributed by atoms with Crippen LogP contribution in [-0.4, -0.2) is 38.8 Å². The van der Waals surface area contributed by atoms with Crippen LogP contribution >= 0.6 is 11.8 Å². The molecular formula is C9H11N3O5S. The minimum Gasteiger partial charge on any atom is -0.465 e. The van der Waals surface area contributed by atoms with E-state index in [2.05, 4.69) is 5.10 Å². The van der Waals surface area contributed by atoms with Crippen LogP contribution in [0.4, 0.5) is 0 Å². The molecular weight excluding hydrogens is 262 g/mol. The van der Waals surface area contributed by atoms with E-state index in [0.29, 0.717) is 11.8 Å². The summed E-state index contributed by atoms with van der Waals surface area (Å²) < 4.78 is 4.71. The molecule has 1 aromatic rings. The number of esters is 1. The first-order chi connectivity index (χ1) is 8.45. The van der Waals surface area contributed by atoms with Gasteiger partial charge < -0.3 is 4.74 Å². The number of H-pyrrole nitrogens is 2. The van der Waals surface area contributed by atoms with Crippen LogP contribution in [0.5, 0.6) is 0 Å². The number of hydrogen-bond acceptors (Lipinski definition) is 7. The summed E-state index contributed by atoms with van der Waals surface area (Å²) in [5.74, 6) is -1.21. The quantitative estimate of drug-likeness (QED) is 0.403. The zero-order valence-corrected chi connectivity index (χ0v) is 10.5. The molecule has 0 bridgehead atoms. The molecule has 1 atom stereocenters. The fraction of sp³-hybridized carbons (Fsp3) is 0.444. The first-order valence-corrected chi connectivity index (χ1v) is 5.86. The van der Waals surface area contributed by atoms with Crippen molar-refractivity contribution in [1.29, 1.82) is 0 Å². The van der Waals surface area contributed by atoms with E-state index < -0.39 is 28.3 Å². The number of carbonyl (C=O) groups is 2. The average Bonchev–Trinajstić information content (AvgIpc) is 2.27. The lowest BCUT2D eigenvalue weighted by Gasteiger charge is -2.10. The van der Waals surface area contributed by atoms with Crippen LogP contribution in [0.15, 0.2) is 14.6 Å². The first-order valence-electron chi connectivity index (χ1n) is 4.98. The molecule has 0 unspecified atom stereocenters. The summed E-state index contributed by atoms with van der Waals surface area (Å²) in [6, 6.07) is 0. The number of Topliss-reactive ketones (excluding diaryl/α,β-unsaturated/α-hetero) is 1. The standard InChI is InChI=1S/C9H11N3O5S/c1-3-17-8(15)5(4(2)13)18-7-6(14)10-9(16)12-11-7/h5H,3H2,1-2H3,(H2,10,12,14,16)/t5-/m0/s1. The van der Waals surface area contributed by atoms with Gasteiger partial charge in [0.1, 0.15) is 0 Å². The van der Waals surface area contributed by atoms with Crippen molar-refractivity contribution in [3.05, 3.63) is 20.8 Å². The summed E-state index contributed by atoms with van der Waals surface area (Å²) in [6.07, 6.45) is 0. The van der Waals surface area contributed by atoms with Crippen molar-refractivity contribution in [3.63, 3.8) is 0 Å². The van der Waals surface area contributed by atoms with Gasteiger partial charge in [0, 0.05) is 0 Å². The summed E-state index contributed by atoms with van der Waals surface area (Å²) in [6.45, 7) is 2.93. The van der Waals surface area contributed by atoms with Crippen molar-refractivity contribution < 1.29 is 14.3 Å². The van der Waals surface area contributed by atoms with Gasteiger partial charge in [-0.1, -0.05) is 11.8 Å². The van der Waals surface area contributed by atoms with Gasteiger partial charge >= 0.3 is 11.7 Å². The summed E-state index contributed by atoms with van der Waals surface area (Å²) >= 11 is 0.631. The Bertz CT molecular complexity index is 564. The molecule has 1 rings (SSSR count). The number of hydrogen-bond donors (Lipinski definition) is 2. The Morgan fingerprint density at radius 3 is 2.61 bits per heavy atom. The molecule has 0 saturated carbocycles. The maximum absolute atomic E-state index is 11.5. The normalized spacial score (nSPS) is 11.9. The predicted molar refractivity (Wildman–Crippen MR) is 62.4 cm³/mol. The van der Waals surface area contributed by atoms with Crippen LogP contribution in [0.3, 0.4) is 0 Å². The van der Waals surface area contributed by atoms with E-state index in [1.165, 1.54) is 6.92 Å². The number of nitrogens with zero attached hydrogens (tertiary/aromatic N) is 1. The minimum absolute atomic E-state index is 0.124. The van der Waals surface area contributed by atoms with Crippen LogP contribution in [0, 0.1) is 0 Å². The van der Waals surface area contributed by atoms with Crippen LogP contribution < -0.4 is 11.2 Å². The second-order valence-electron chi connectivity index (χ2n) is 3.17. The van der Waals surface area contributed by atoms with Crippen molar-refractivity contribution in [2.75, 3.05) is 6.61 Å². The van der Waals surface area contributed by atoms with Gasteiger partial charge in [0.25, 0.3) is 5.56 Å². The topological polar surface area (TPSA) is 122 Å². The number of nitrogens with one attached hydrogen (secondary N) is 2. The van der Waals surface area contributed by atoms with Crippen molar-refractivity contribution >= 4 is 23.5 Å². The average molecular weight is 273 g/mol. The van der Waals surface area contributed by atoms with Gasteiger partial charge in [-0.25, -0.2) is 9.89 Å². The Hall–Kier alpha value is -1.90. The molecule has 8 nitrogen and oxygen atoms in total. The largest absolute Gasteiger partial charge is 0.465 e. The first kappa shape index (κ1) is 14.2. The molecule has 18 heavy (non-hydrogen) atoms. The molecule has 0 saturated heterocycles. The van der Waals surface area contributed by atoms with E-state index in [1.54, 1.807) is 6.92 Å². The number of aromatic nitrogens is 3. The summed E-state index contributed by atoms with van der Waals surface area (Å²) in [7, 11) is 0. The lowest BCUT2D eigenvalue weighted by atomic mass is 10.3. The van der Waals surface area contributed by atoms with Crippen LogP contribution in [0.2, 0.25) is 0 Å². The second kappa shape index (κ2) is 6.15. The zero-order valence-electron chi connectivity index (χ0n) is 9.68. The highest BCUT2D eigenvalue weighted by molar-refractivity contribution is 8.01. The lowest BCUT2D eigenvalue weighted by Crippen LogP contribution is -2.31. The predicted octanol–water partition coefficient (Wildman–Crippen LogP) is -0.929. The fourth-order valence-electron chi connectivity index (χ4n) is 1.04. The number of ether oxygens (including phenoxy) is 1. The number of thioether (sulfide) groups is 1. The smallest absolute Gasteiger partial charge is 0.342 e. The Morgan fingerprint density at radius 2 is 2.11 bits per heavy atom. The molecule has 0 fully saturated rings. The third kappa shape index (κ3) is 3.55. The van der Waals surface area contributed by atoms with E-state index in [1.807, 2.05) is 10.1 Å². The van der Waals surface area contributed by atoms with Crippen molar-refractivity contribution in [2.24, 2.45) is 0 Å². The van der Waals surface area contributed by atoms with Crippen LogP contribution in [0.25, 0.3) is 0 Å². The fourth-order valence-corrected chi connectivity index (χ4v) is 1.85. The summed E-state index contributed by atoms with van der Waals surface area (Å²) in [5.41, 5.74) is -1.53. The van der Waals surface area contributed by atoms with Gasteiger partial charge in [0.15, 0.2) is 16.1 Å². The molecule has 0 aliphatic rings. The molecule has 0 aliphatic carbocycles. The maximum Gasteiger partial charge on any atom is 0.342 e. The van der Waals surface area contributed by atoms with E-state index in [4.69, 9.17) is 4.74 Å². The highest BCUT2D eigenvalue weighted by Crippen LogP contribution is 2.19. The molecule has 1 aromatic heterocycles. The highest BCUT2D eigenvalue weighted by Gasteiger charge is 2.27. The molecule has 2 N–H and O–H groups in total. The van der Waals surface area contributed by atoms with E-state index in [0.717, 1.165) is 0 Å². The molecule has 0 spiro atoms. The number of aromatic amines is 2. The van der Waals surface area contributed by atoms with Crippen LogP contribution in [0.1, 0.15) is 13.8 Å². The Morgan fingerprint density at radius 1 is 1.44 bits per heavy atom. The number of carbonyl (C=O) groups excluding carboxylic acids is 2. The van der Waals surface area contributed by atoms with E-state index in [9.17, 15) is 19.2 Å². The van der Waals surface area contributed by atoms with Gasteiger partial charge in [-0.05, 0) is 13.8 Å². The minimum atomic E-state index is -1.18. The Kier molecular flexibility index (Phi) is 4.84. The molecule has 0 aliphatic heterocycles. The van der Waals surface area contributed by atoms with Gasteiger partial charge in [0.05, 0.1) is 6.61 Å². The molecule has 0 radical (unpaired) electrons. The Labute approximate surface area is 105 Å². The van der Waals surface area contributed by atoms with Gasteiger partial charge in [-0.3, -0.25) is 19.4 Å². The summed E-state index contributed by atoms with van der Waals surface area (Å²) in [4.78, 5) is 46.9. The third-order valence-electron chi connectivity index (χ3n) is 1.78. The number of rotatable bonds is 5. The van der Waals surface area contributed by atoms with Gasteiger partial charge in [-0.15, -0.1) is 0 Å². The Balaban J connectivity index is 2.97. The highest BCUT2D eigenvalue weighted by atomic mass is 32.2. The van der Waals surface area contributed by atoms with Gasteiger partial charge in [-0.2, -0.15) is 5.10 Å². The van der Waals surface area contributed by atoms with Crippen molar-refractivity contribution in [2.45, 2.75) is 24.1 Å². The molecule has 9 heteroatoms. The molecule has 0 aromatic carbocycles. The molecule has 0 amide bonds. The third-order valence-corrected chi connectivity index (χ3v) is 3.04. The van der Waals surface area contributed by atoms with Crippen LogP contribution in [-0.2, 0) is 14.3 Å². The van der Waals surface area contributed by atoms with E-state index >= 15 is 0 Å². The SMILES string of the molecule is CCOC(=O)[C@@H](Sc1n[nH]c(=O)[nH]c1=O)C(C)=O.